The molecule has 0 spiro atoms. The van der Waals surface area contributed by atoms with Gasteiger partial charge in [-0.05, 0) is 12.8 Å². The fourth-order valence-electron chi connectivity index (χ4n) is 0.916. The highest BCUT2D eigenvalue weighted by atomic mass is 32.2. The Hall–Kier alpha value is -0.240. The number of carbonyl (C=O) groups is 1. The minimum Gasteiger partial charge on any atom is -0.288 e. The van der Waals surface area contributed by atoms with Crippen LogP contribution in [0.3, 0.4) is 0 Å². The molecule has 1 nitrogen and oxygen atoms in total. The average Bonchev–Trinajstić information content (AvgIpc) is 2.15. The zero-order valence-corrected chi connectivity index (χ0v) is 6.28. The second kappa shape index (κ2) is 3.06. The number of carbonyl (C=O) groups excluding carboxylic acids is 1. The van der Waals surface area contributed by atoms with E-state index in [1.807, 2.05) is 0 Å². The van der Waals surface area contributed by atoms with Gasteiger partial charge in [-0.25, -0.2) is 0 Å². The van der Waals surface area contributed by atoms with Crippen LogP contribution < -0.4 is 0 Å². The molecular weight excluding hydrogens is 132 g/mol. The molecule has 0 saturated carbocycles. The lowest BCUT2D eigenvalue weighted by Gasteiger charge is -2.00. The summed E-state index contributed by atoms with van der Waals surface area (Å²) in [6.45, 7) is 1.62. The molecule has 1 rings (SSSR count). The molecule has 0 fully saturated rings. The lowest BCUT2D eigenvalue weighted by molar-refractivity contribution is -0.109. The third-order valence-corrected chi connectivity index (χ3v) is 2.31. The Labute approximate surface area is 59.5 Å². The lowest BCUT2D eigenvalue weighted by atomic mass is 10.4. The molecule has 0 aromatic heterocycles. The van der Waals surface area contributed by atoms with E-state index in [-0.39, 0.29) is 5.12 Å². The van der Waals surface area contributed by atoms with Gasteiger partial charge in [-0.2, -0.15) is 0 Å². The van der Waals surface area contributed by atoms with Crippen molar-refractivity contribution in [3.8, 4) is 0 Å². The van der Waals surface area contributed by atoms with Gasteiger partial charge < -0.3 is 0 Å². The van der Waals surface area contributed by atoms with Gasteiger partial charge in [-0.3, -0.25) is 4.79 Å². The molecule has 2 heteroatoms. The van der Waals surface area contributed by atoms with E-state index in [0.717, 1.165) is 12.8 Å². The second-order valence-corrected chi connectivity index (χ2v) is 3.57. The Morgan fingerprint density at radius 2 is 2.56 bits per heavy atom. The van der Waals surface area contributed by atoms with Crippen molar-refractivity contribution in [2.24, 2.45) is 0 Å². The Balaban J connectivity index is 2.28. The molecule has 50 valence electrons. The Bertz CT molecular complexity index is 140. The van der Waals surface area contributed by atoms with E-state index >= 15 is 0 Å². The summed E-state index contributed by atoms with van der Waals surface area (Å²) in [5.74, 6) is 0. The molecular formula is C7H10OS. The first-order chi connectivity index (χ1) is 4.29. The van der Waals surface area contributed by atoms with Crippen molar-refractivity contribution in [2.45, 2.75) is 25.0 Å². The van der Waals surface area contributed by atoms with Crippen LogP contribution in [0.25, 0.3) is 0 Å². The maximum Gasteiger partial charge on any atom is 0.186 e. The number of rotatable bonds is 1. The summed E-state index contributed by atoms with van der Waals surface area (Å²) in [6.07, 6.45) is 6.54. The summed E-state index contributed by atoms with van der Waals surface area (Å²) in [7, 11) is 0. The number of hydrogen-bond donors (Lipinski definition) is 0. The van der Waals surface area contributed by atoms with Crippen LogP contribution in [0.4, 0.5) is 0 Å². The quantitative estimate of drug-likeness (QED) is 0.521. The molecule has 0 N–H and O–H groups in total. The third-order valence-electron chi connectivity index (χ3n) is 1.29. The number of allylic oxidation sites excluding steroid dienone is 1. The summed E-state index contributed by atoms with van der Waals surface area (Å²) < 4.78 is 0. The number of hydrogen-bond acceptors (Lipinski definition) is 2. The van der Waals surface area contributed by atoms with E-state index in [2.05, 4.69) is 12.2 Å². The molecule has 1 aliphatic carbocycles. The van der Waals surface area contributed by atoms with Gasteiger partial charge in [0.15, 0.2) is 5.12 Å². The van der Waals surface area contributed by atoms with E-state index in [0.29, 0.717) is 5.25 Å². The molecule has 0 heterocycles. The van der Waals surface area contributed by atoms with Crippen LogP contribution in [0.1, 0.15) is 19.8 Å². The molecule has 0 radical (unpaired) electrons. The van der Waals surface area contributed by atoms with Gasteiger partial charge in [0.1, 0.15) is 0 Å². The molecule has 1 atom stereocenters. The van der Waals surface area contributed by atoms with Crippen LogP contribution in [-0.2, 0) is 4.79 Å². The first-order valence-electron chi connectivity index (χ1n) is 3.13. The molecule has 0 aliphatic heterocycles. The van der Waals surface area contributed by atoms with Gasteiger partial charge in [-0.15, -0.1) is 0 Å². The molecule has 0 saturated heterocycles. The van der Waals surface area contributed by atoms with E-state index in [1.54, 1.807) is 6.92 Å². The standard InChI is InChI=1S/C7H10OS/c1-6(8)9-7-4-2-3-5-7/h2,4,7H,3,5H2,1H3/t7-/m1/s1. The third kappa shape index (κ3) is 2.22. The molecule has 0 unspecified atom stereocenters. The molecule has 0 aromatic carbocycles. The lowest BCUT2D eigenvalue weighted by Crippen LogP contribution is -1.95. The van der Waals surface area contributed by atoms with Crippen molar-refractivity contribution in [3.05, 3.63) is 12.2 Å². The van der Waals surface area contributed by atoms with Crippen LogP contribution >= 0.6 is 11.8 Å². The van der Waals surface area contributed by atoms with Gasteiger partial charge in [0.25, 0.3) is 0 Å². The molecule has 1 aliphatic rings. The second-order valence-electron chi connectivity index (χ2n) is 2.15. The van der Waals surface area contributed by atoms with E-state index < -0.39 is 0 Å². The fourth-order valence-corrected chi connectivity index (χ4v) is 1.79. The molecule has 0 amide bonds. The normalized spacial score (nSPS) is 24.8. The summed E-state index contributed by atoms with van der Waals surface area (Å²) in [5.41, 5.74) is 0. The minimum absolute atomic E-state index is 0.228. The van der Waals surface area contributed by atoms with Crippen LogP contribution in [0.2, 0.25) is 0 Å². The van der Waals surface area contributed by atoms with Gasteiger partial charge in [0.2, 0.25) is 0 Å². The first-order valence-corrected chi connectivity index (χ1v) is 4.01. The van der Waals surface area contributed by atoms with Crippen molar-refractivity contribution in [3.63, 3.8) is 0 Å². The smallest absolute Gasteiger partial charge is 0.186 e. The van der Waals surface area contributed by atoms with Gasteiger partial charge in [0.05, 0.1) is 0 Å². The molecule has 9 heavy (non-hydrogen) atoms. The average molecular weight is 142 g/mol. The highest BCUT2D eigenvalue weighted by Gasteiger charge is 2.10. The maximum atomic E-state index is 10.5. The highest BCUT2D eigenvalue weighted by molar-refractivity contribution is 8.14. The Kier molecular flexibility index (Phi) is 2.34. The number of thioether (sulfide) groups is 1. The van der Waals surface area contributed by atoms with Crippen LogP contribution in [0.15, 0.2) is 12.2 Å². The zero-order chi connectivity index (χ0) is 6.69. The minimum atomic E-state index is 0.228. The highest BCUT2D eigenvalue weighted by Crippen LogP contribution is 2.23. The summed E-state index contributed by atoms with van der Waals surface area (Å²) in [6, 6.07) is 0. The fraction of sp³-hybridized carbons (Fsp3) is 0.571. The van der Waals surface area contributed by atoms with Crippen LogP contribution in [0, 0.1) is 0 Å². The van der Waals surface area contributed by atoms with Crippen molar-refractivity contribution < 1.29 is 4.79 Å². The predicted molar refractivity (Wildman–Crippen MR) is 40.4 cm³/mol. The van der Waals surface area contributed by atoms with E-state index in [1.165, 1.54) is 11.8 Å². The van der Waals surface area contributed by atoms with Crippen LogP contribution in [0.5, 0.6) is 0 Å². The van der Waals surface area contributed by atoms with Gasteiger partial charge >= 0.3 is 0 Å². The molecule has 0 aromatic rings. The summed E-state index contributed by atoms with van der Waals surface area (Å²) >= 11 is 1.44. The van der Waals surface area contributed by atoms with Gasteiger partial charge in [-0.1, -0.05) is 23.9 Å². The van der Waals surface area contributed by atoms with E-state index in [9.17, 15) is 4.79 Å². The summed E-state index contributed by atoms with van der Waals surface area (Å²) in [4.78, 5) is 10.5. The van der Waals surface area contributed by atoms with Gasteiger partial charge in [0, 0.05) is 12.2 Å². The first kappa shape index (κ1) is 6.87. The Morgan fingerprint density at radius 1 is 1.78 bits per heavy atom. The van der Waals surface area contributed by atoms with Crippen molar-refractivity contribution >= 4 is 16.9 Å². The zero-order valence-electron chi connectivity index (χ0n) is 5.46. The molecule has 0 bridgehead atoms. The topological polar surface area (TPSA) is 17.1 Å². The predicted octanol–water partition coefficient (Wildman–Crippen LogP) is 1.98. The van der Waals surface area contributed by atoms with Crippen LogP contribution in [-0.4, -0.2) is 10.4 Å². The Morgan fingerprint density at radius 3 is 3.00 bits per heavy atom. The largest absolute Gasteiger partial charge is 0.288 e. The maximum absolute atomic E-state index is 10.5. The van der Waals surface area contributed by atoms with Crippen molar-refractivity contribution in [1.82, 2.24) is 0 Å². The van der Waals surface area contributed by atoms with E-state index in [4.69, 9.17) is 0 Å². The SMILES string of the molecule is CC(=O)S[C@@H]1C=CCC1. The van der Waals surface area contributed by atoms with Crippen molar-refractivity contribution in [2.75, 3.05) is 0 Å². The van der Waals surface area contributed by atoms with Crippen molar-refractivity contribution in [1.29, 1.82) is 0 Å². The monoisotopic (exact) mass is 142 g/mol. The summed E-state index contributed by atoms with van der Waals surface area (Å²) in [5, 5.41) is 0.703.